The summed E-state index contributed by atoms with van der Waals surface area (Å²) >= 11 is 0. The highest BCUT2D eigenvalue weighted by Gasteiger charge is 2.13. The molecule has 0 amide bonds. The van der Waals surface area contributed by atoms with E-state index < -0.39 is 0 Å². The van der Waals surface area contributed by atoms with E-state index in [1.165, 1.54) is 24.0 Å². The molecule has 6 nitrogen and oxygen atoms in total. The van der Waals surface area contributed by atoms with E-state index in [4.69, 9.17) is 4.74 Å². The van der Waals surface area contributed by atoms with Crippen LogP contribution in [0, 0.1) is 6.92 Å². The zero-order chi connectivity index (χ0) is 19.8. The summed E-state index contributed by atoms with van der Waals surface area (Å²) in [6.45, 7) is 8.30. The van der Waals surface area contributed by atoms with Crippen molar-refractivity contribution < 1.29 is 4.74 Å². The smallest absolute Gasteiger partial charge is 0.191 e. The molecule has 3 rings (SSSR count). The van der Waals surface area contributed by atoms with E-state index in [0.29, 0.717) is 19.7 Å². The number of benzene rings is 1. The van der Waals surface area contributed by atoms with Gasteiger partial charge in [-0.05, 0) is 56.0 Å². The number of aliphatic imine (C=N–C) groups is 1. The number of guanidine groups is 1. The second-order valence-electron chi connectivity index (χ2n) is 7.04. The van der Waals surface area contributed by atoms with Gasteiger partial charge < -0.3 is 20.3 Å². The van der Waals surface area contributed by atoms with Gasteiger partial charge in [-0.2, -0.15) is 0 Å². The zero-order valence-electron chi connectivity index (χ0n) is 17.6. The molecule has 2 N–H and O–H groups in total. The van der Waals surface area contributed by atoms with Crippen molar-refractivity contribution in [3.63, 3.8) is 0 Å². The Morgan fingerprint density at radius 1 is 1.14 bits per heavy atom. The Hall–Kier alpha value is -2.03. The number of ether oxygens (including phenoxy) is 1. The Morgan fingerprint density at radius 2 is 1.90 bits per heavy atom. The standard InChI is InChI=1S/C22H31N5O.HI/c1-4-28-20-13-17(2)7-8-19(20)16-26-22(23-3)25-15-18-9-10-24-21(14-18)27-11-5-6-12-27;/h7-10,13-14H,4-6,11-12,15-16H2,1-3H3,(H2,23,25,26);1H. The Kier molecular flexibility index (Phi) is 9.50. The monoisotopic (exact) mass is 509 g/mol. The van der Waals surface area contributed by atoms with Gasteiger partial charge in [0.05, 0.1) is 6.61 Å². The Labute approximate surface area is 191 Å². The normalized spacial score (nSPS) is 13.8. The molecule has 1 saturated heterocycles. The lowest BCUT2D eigenvalue weighted by molar-refractivity contribution is 0.336. The van der Waals surface area contributed by atoms with Gasteiger partial charge in [0, 0.05) is 45.0 Å². The minimum atomic E-state index is 0. The van der Waals surface area contributed by atoms with Crippen molar-refractivity contribution in [3.8, 4) is 5.75 Å². The van der Waals surface area contributed by atoms with Crippen molar-refractivity contribution in [2.24, 2.45) is 4.99 Å². The lowest BCUT2D eigenvalue weighted by atomic mass is 10.1. The minimum absolute atomic E-state index is 0. The van der Waals surface area contributed by atoms with Crippen LogP contribution in [0.5, 0.6) is 5.75 Å². The Morgan fingerprint density at radius 3 is 2.62 bits per heavy atom. The van der Waals surface area contributed by atoms with Gasteiger partial charge in [-0.15, -0.1) is 24.0 Å². The molecule has 158 valence electrons. The van der Waals surface area contributed by atoms with Crippen molar-refractivity contribution in [3.05, 3.63) is 53.2 Å². The molecule has 1 aromatic carbocycles. The molecule has 0 radical (unpaired) electrons. The third-order valence-electron chi connectivity index (χ3n) is 4.89. The number of nitrogens with zero attached hydrogens (tertiary/aromatic N) is 3. The van der Waals surface area contributed by atoms with Crippen LogP contribution in [-0.4, -0.2) is 37.7 Å². The van der Waals surface area contributed by atoms with E-state index in [0.717, 1.165) is 36.2 Å². The van der Waals surface area contributed by atoms with Crippen LogP contribution < -0.4 is 20.3 Å². The van der Waals surface area contributed by atoms with Gasteiger partial charge in [0.2, 0.25) is 0 Å². The van der Waals surface area contributed by atoms with Crippen molar-refractivity contribution in [2.45, 2.75) is 39.8 Å². The second-order valence-corrected chi connectivity index (χ2v) is 7.04. The summed E-state index contributed by atoms with van der Waals surface area (Å²) in [5.74, 6) is 2.76. The van der Waals surface area contributed by atoms with E-state index >= 15 is 0 Å². The molecule has 1 aliphatic heterocycles. The molecule has 0 saturated carbocycles. The van der Waals surface area contributed by atoms with Gasteiger partial charge in [0.1, 0.15) is 11.6 Å². The minimum Gasteiger partial charge on any atom is -0.494 e. The molecule has 1 fully saturated rings. The predicted molar refractivity (Wildman–Crippen MR) is 130 cm³/mol. The van der Waals surface area contributed by atoms with Gasteiger partial charge in [0.15, 0.2) is 5.96 Å². The fraction of sp³-hybridized carbons (Fsp3) is 0.455. The quantitative estimate of drug-likeness (QED) is 0.337. The van der Waals surface area contributed by atoms with Crippen LogP contribution in [-0.2, 0) is 13.1 Å². The summed E-state index contributed by atoms with van der Waals surface area (Å²) in [5, 5.41) is 6.77. The van der Waals surface area contributed by atoms with Gasteiger partial charge in [-0.1, -0.05) is 12.1 Å². The SMILES string of the molecule is CCOc1cc(C)ccc1CNC(=NC)NCc1ccnc(N2CCCC2)c1.I. The third-order valence-corrected chi connectivity index (χ3v) is 4.89. The molecule has 0 spiro atoms. The number of pyridine rings is 1. The first-order valence-electron chi connectivity index (χ1n) is 10.1. The molecule has 0 bridgehead atoms. The van der Waals surface area contributed by atoms with Crippen molar-refractivity contribution in [2.75, 3.05) is 31.6 Å². The number of nitrogens with one attached hydrogen (secondary N) is 2. The van der Waals surface area contributed by atoms with Crippen LogP contribution in [0.2, 0.25) is 0 Å². The molecule has 2 heterocycles. The maximum Gasteiger partial charge on any atom is 0.191 e. The number of hydrogen-bond donors (Lipinski definition) is 2. The Balaban J connectivity index is 0.00000300. The maximum absolute atomic E-state index is 5.76. The summed E-state index contributed by atoms with van der Waals surface area (Å²) in [7, 11) is 1.79. The lowest BCUT2D eigenvalue weighted by Crippen LogP contribution is -2.36. The molecule has 0 atom stereocenters. The molecule has 1 aromatic heterocycles. The largest absolute Gasteiger partial charge is 0.494 e. The third kappa shape index (κ3) is 6.76. The van der Waals surface area contributed by atoms with Gasteiger partial charge >= 0.3 is 0 Å². The molecular formula is C22H32IN5O. The van der Waals surface area contributed by atoms with Crippen LogP contribution in [0.25, 0.3) is 0 Å². The fourth-order valence-electron chi connectivity index (χ4n) is 3.37. The number of hydrogen-bond acceptors (Lipinski definition) is 4. The van der Waals surface area contributed by atoms with Gasteiger partial charge in [0.25, 0.3) is 0 Å². The number of aryl methyl sites for hydroxylation is 1. The molecular weight excluding hydrogens is 477 g/mol. The molecule has 2 aromatic rings. The van der Waals surface area contributed by atoms with E-state index in [9.17, 15) is 0 Å². The highest BCUT2D eigenvalue weighted by Crippen LogP contribution is 2.20. The number of anilines is 1. The summed E-state index contributed by atoms with van der Waals surface area (Å²) in [4.78, 5) is 11.2. The molecule has 7 heteroatoms. The average Bonchev–Trinajstić information content (AvgIpc) is 3.25. The van der Waals surface area contributed by atoms with E-state index in [-0.39, 0.29) is 24.0 Å². The lowest BCUT2D eigenvalue weighted by Gasteiger charge is -2.18. The van der Waals surface area contributed by atoms with Gasteiger partial charge in [-0.25, -0.2) is 4.98 Å². The first kappa shape index (κ1) is 23.3. The zero-order valence-corrected chi connectivity index (χ0v) is 19.9. The molecule has 0 aliphatic carbocycles. The molecule has 29 heavy (non-hydrogen) atoms. The average molecular weight is 509 g/mol. The first-order valence-corrected chi connectivity index (χ1v) is 10.1. The van der Waals surface area contributed by atoms with Crippen LogP contribution in [0.1, 0.15) is 36.5 Å². The number of aromatic nitrogens is 1. The van der Waals surface area contributed by atoms with Crippen LogP contribution in [0.3, 0.4) is 0 Å². The number of halogens is 1. The van der Waals surface area contributed by atoms with Crippen molar-refractivity contribution in [1.82, 2.24) is 15.6 Å². The maximum atomic E-state index is 5.76. The van der Waals surface area contributed by atoms with E-state index in [1.807, 2.05) is 19.2 Å². The summed E-state index contributed by atoms with van der Waals surface area (Å²) in [5.41, 5.74) is 3.52. The van der Waals surface area contributed by atoms with Crippen LogP contribution in [0.15, 0.2) is 41.5 Å². The first-order chi connectivity index (χ1) is 13.7. The van der Waals surface area contributed by atoms with Gasteiger partial charge in [-0.3, -0.25) is 4.99 Å². The predicted octanol–water partition coefficient (Wildman–Crippen LogP) is 3.87. The highest BCUT2D eigenvalue weighted by atomic mass is 127. The van der Waals surface area contributed by atoms with E-state index in [2.05, 4.69) is 56.7 Å². The van der Waals surface area contributed by atoms with E-state index in [1.54, 1.807) is 7.05 Å². The topological polar surface area (TPSA) is 61.8 Å². The summed E-state index contributed by atoms with van der Waals surface area (Å²) < 4.78 is 5.76. The molecule has 1 aliphatic rings. The highest BCUT2D eigenvalue weighted by molar-refractivity contribution is 14.0. The summed E-state index contributed by atoms with van der Waals surface area (Å²) in [6, 6.07) is 10.5. The number of rotatable bonds is 7. The fourth-order valence-corrected chi connectivity index (χ4v) is 3.37. The van der Waals surface area contributed by atoms with Crippen LogP contribution in [0.4, 0.5) is 5.82 Å². The second kappa shape index (κ2) is 11.8. The summed E-state index contributed by atoms with van der Waals surface area (Å²) in [6.07, 6.45) is 4.40. The van der Waals surface area contributed by atoms with Crippen LogP contribution >= 0.6 is 24.0 Å². The Bertz CT molecular complexity index is 806. The molecule has 0 unspecified atom stereocenters. The van der Waals surface area contributed by atoms with Crippen molar-refractivity contribution in [1.29, 1.82) is 0 Å². The van der Waals surface area contributed by atoms with Crippen molar-refractivity contribution >= 4 is 35.8 Å².